The van der Waals surface area contributed by atoms with Crippen LogP contribution in [0.5, 0.6) is 0 Å². The van der Waals surface area contributed by atoms with Gasteiger partial charge < -0.3 is 10.6 Å². The molecule has 104 valence electrons. The van der Waals surface area contributed by atoms with E-state index in [0.717, 1.165) is 18.5 Å². The number of rotatable bonds is 3. The molecule has 19 heavy (non-hydrogen) atoms. The molecule has 0 aliphatic carbocycles. The van der Waals surface area contributed by atoms with E-state index < -0.39 is 0 Å². The van der Waals surface area contributed by atoms with Gasteiger partial charge in [-0.05, 0) is 30.5 Å². The molecule has 0 saturated carbocycles. The van der Waals surface area contributed by atoms with Crippen molar-refractivity contribution in [3.63, 3.8) is 0 Å². The van der Waals surface area contributed by atoms with Crippen LogP contribution in [0.25, 0.3) is 0 Å². The van der Waals surface area contributed by atoms with Gasteiger partial charge in [0, 0.05) is 35.1 Å². The van der Waals surface area contributed by atoms with Gasteiger partial charge in [-0.15, -0.1) is 0 Å². The van der Waals surface area contributed by atoms with Gasteiger partial charge in [-0.1, -0.05) is 36.2 Å². The number of hydrogen-bond donors (Lipinski definition) is 1. The number of benzene rings is 1. The number of halogens is 2. The number of likely N-dealkylation sites (tertiary alicyclic amines) is 1. The lowest BCUT2D eigenvalue weighted by Gasteiger charge is -2.21. The van der Waals surface area contributed by atoms with Crippen molar-refractivity contribution in [3.8, 4) is 0 Å². The molecule has 1 fully saturated rings. The average molecular weight is 301 g/mol. The first-order chi connectivity index (χ1) is 8.97. The number of carbonyl (C=O) groups is 1. The summed E-state index contributed by atoms with van der Waals surface area (Å²) in [6.07, 6.45) is 1.51. The van der Waals surface area contributed by atoms with E-state index in [1.807, 2.05) is 17.9 Å². The predicted octanol–water partition coefficient (Wildman–Crippen LogP) is 2.73. The summed E-state index contributed by atoms with van der Waals surface area (Å²) in [5, 5.41) is 1.23. The van der Waals surface area contributed by atoms with Crippen molar-refractivity contribution < 1.29 is 4.79 Å². The lowest BCUT2D eigenvalue weighted by atomic mass is 10.00. The molecule has 0 spiro atoms. The van der Waals surface area contributed by atoms with E-state index >= 15 is 0 Å². The van der Waals surface area contributed by atoms with E-state index in [1.54, 1.807) is 12.1 Å². The number of nitrogens with two attached hydrogens (primary N) is 1. The zero-order valence-electron chi connectivity index (χ0n) is 10.9. The highest BCUT2D eigenvalue weighted by molar-refractivity contribution is 6.35. The molecule has 1 unspecified atom stereocenters. The minimum atomic E-state index is -0.0935. The lowest BCUT2D eigenvalue weighted by Crippen LogP contribution is -2.36. The monoisotopic (exact) mass is 300 g/mol. The highest BCUT2D eigenvalue weighted by Gasteiger charge is 2.27. The van der Waals surface area contributed by atoms with Gasteiger partial charge in [-0.2, -0.15) is 0 Å². The van der Waals surface area contributed by atoms with E-state index in [1.165, 1.54) is 0 Å². The Hall–Kier alpha value is -0.770. The van der Waals surface area contributed by atoms with Gasteiger partial charge in [0.2, 0.25) is 5.91 Å². The molecule has 1 aromatic rings. The minimum Gasteiger partial charge on any atom is -0.341 e. The Kier molecular flexibility index (Phi) is 4.71. The molecule has 3 nitrogen and oxygen atoms in total. The maximum atomic E-state index is 12.3. The second-order valence-corrected chi connectivity index (χ2v) is 6.02. The molecule has 1 aliphatic heterocycles. The van der Waals surface area contributed by atoms with Crippen LogP contribution in [0.4, 0.5) is 0 Å². The van der Waals surface area contributed by atoms with Crippen molar-refractivity contribution in [1.82, 2.24) is 4.90 Å². The van der Waals surface area contributed by atoms with Crippen LogP contribution in [-0.4, -0.2) is 29.9 Å². The Morgan fingerprint density at radius 2 is 2.26 bits per heavy atom. The zero-order chi connectivity index (χ0) is 14.0. The SMILES string of the molecule is CC(Cc1ccc(Cl)cc1Cl)C(=O)N1CC[C@@H](N)C1. The maximum absolute atomic E-state index is 12.3. The highest BCUT2D eigenvalue weighted by Crippen LogP contribution is 2.24. The van der Waals surface area contributed by atoms with Crippen LogP contribution in [0, 0.1) is 5.92 Å². The van der Waals surface area contributed by atoms with Crippen LogP contribution in [0.15, 0.2) is 18.2 Å². The van der Waals surface area contributed by atoms with Crippen molar-refractivity contribution in [3.05, 3.63) is 33.8 Å². The van der Waals surface area contributed by atoms with Gasteiger partial charge in [-0.25, -0.2) is 0 Å². The van der Waals surface area contributed by atoms with Gasteiger partial charge in [-0.3, -0.25) is 4.79 Å². The summed E-state index contributed by atoms with van der Waals surface area (Å²) < 4.78 is 0. The normalized spacial score (nSPS) is 20.6. The second kappa shape index (κ2) is 6.12. The molecular formula is C14H18Cl2N2O. The molecule has 0 bridgehead atoms. The van der Waals surface area contributed by atoms with Gasteiger partial charge >= 0.3 is 0 Å². The molecule has 2 rings (SSSR count). The van der Waals surface area contributed by atoms with Gasteiger partial charge in [0.25, 0.3) is 0 Å². The summed E-state index contributed by atoms with van der Waals surface area (Å²) in [6, 6.07) is 5.51. The van der Waals surface area contributed by atoms with Gasteiger partial charge in [0.05, 0.1) is 0 Å². The molecule has 1 aliphatic rings. The summed E-state index contributed by atoms with van der Waals surface area (Å²) in [5.41, 5.74) is 6.78. The van der Waals surface area contributed by atoms with Crippen LogP contribution >= 0.6 is 23.2 Å². The van der Waals surface area contributed by atoms with E-state index in [0.29, 0.717) is 23.0 Å². The standard InChI is InChI=1S/C14H18Cl2N2O/c1-9(14(19)18-5-4-12(17)8-18)6-10-2-3-11(15)7-13(10)16/h2-3,7,9,12H,4-6,8,17H2,1H3/t9?,12-/m1/s1. The molecule has 1 saturated heterocycles. The fraction of sp³-hybridized carbons (Fsp3) is 0.500. The summed E-state index contributed by atoms with van der Waals surface area (Å²) in [7, 11) is 0. The second-order valence-electron chi connectivity index (χ2n) is 5.17. The first-order valence-electron chi connectivity index (χ1n) is 6.45. The van der Waals surface area contributed by atoms with Crippen LogP contribution in [0.1, 0.15) is 18.9 Å². The first-order valence-corrected chi connectivity index (χ1v) is 7.21. The van der Waals surface area contributed by atoms with Crippen molar-refractivity contribution in [1.29, 1.82) is 0 Å². The van der Waals surface area contributed by atoms with E-state index in [4.69, 9.17) is 28.9 Å². The number of amides is 1. The summed E-state index contributed by atoms with van der Waals surface area (Å²) in [4.78, 5) is 14.1. The van der Waals surface area contributed by atoms with E-state index in [2.05, 4.69) is 0 Å². The van der Waals surface area contributed by atoms with Crippen molar-refractivity contribution in [2.45, 2.75) is 25.8 Å². The predicted molar refractivity (Wildman–Crippen MR) is 78.5 cm³/mol. The summed E-state index contributed by atoms with van der Waals surface area (Å²) in [6.45, 7) is 3.35. The minimum absolute atomic E-state index is 0.0935. The van der Waals surface area contributed by atoms with Crippen LogP contribution in [-0.2, 0) is 11.2 Å². The molecule has 0 aromatic heterocycles. The van der Waals surface area contributed by atoms with Crippen molar-refractivity contribution >= 4 is 29.1 Å². The summed E-state index contributed by atoms with van der Waals surface area (Å²) in [5.74, 6) is 0.0583. The van der Waals surface area contributed by atoms with E-state index in [-0.39, 0.29) is 17.9 Å². The van der Waals surface area contributed by atoms with E-state index in [9.17, 15) is 4.79 Å². The van der Waals surface area contributed by atoms with Crippen molar-refractivity contribution in [2.75, 3.05) is 13.1 Å². The molecule has 0 radical (unpaired) electrons. The highest BCUT2D eigenvalue weighted by atomic mass is 35.5. The third kappa shape index (κ3) is 3.62. The zero-order valence-corrected chi connectivity index (χ0v) is 12.4. The largest absolute Gasteiger partial charge is 0.341 e. The fourth-order valence-corrected chi connectivity index (χ4v) is 2.89. The third-order valence-electron chi connectivity index (χ3n) is 3.50. The van der Waals surface area contributed by atoms with Crippen LogP contribution in [0.3, 0.4) is 0 Å². The molecular weight excluding hydrogens is 283 g/mol. The number of hydrogen-bond acceptors (Lipinski definition) is 2. The Balaban J connectivity index is 2.00. The molecule has 2 atom stereocenters. The molecule has 1 heterocycles. The van der Waals surface area contributed by atoms with Crippen LogP contribution in [0.2, 0.25) is 10.0 Å². The van der Waals surface area contributed by atoms with Gasteiger partial charge in [0.15, 0.2) is 0 Å². The maximum Gasteiger partial charge on any atom is 0.225 e. The van der Waals surface area contributed by atoms with Crippen molar-refractivity contribution in [2.24, 2.45) is 11.7 Å². The average Bonchev–Trinajstić information content (AvgIpc) is 2.78. The number of nitrogens with zero attached hydrogens (tertiary/aromatic N) is 1. The summed E-state index contributed by atoms with van der Waals surface area (Å²) >= 11 is 12.0. The fourth-order valence-electron chi connectivity index (χ4n) is 2.40. The number of carbonyl (C=O) groups excluding carboxylic acids is 1. The Labute approximate surface area is 123 Å². The van der Waals surface area contributed by atoms with Gasteiger partial charge in [0.1, 0.15) is 0 Å². The quantitative estimate of drug-likeness (QED) is 0.933. The lowest BCUT2D eigenvalue weighted by molar-refractivity contribution is -0.133. The van der Waals surface area contributed by atoms with Crippen LogP contribution < -0.4 is 5.73 Å². The Bertz CT molecular complexity index is 479. The smallest absolute Gasteiger partial charge is 0.225 e. The first kappa shape index (κ1) is 14.6. The Morgan fingerprint density at radius 3 is 2.84 bits per heavy atom. The topological polar surface area (TPSA) is 46.3 Å². The molecule has 1 amide bonds. The molecule has 1 aromatic carbocycles. The Morgan fingerprint density at radius 1 is 1.53 bits per heavy atom. The third-order valence-corrected chi connectivity index (χ3v) is 4.09. The molecule has 5 heteroatoms. The molecule has 2 N–H and O–H groups in total.